The molecule has 0 spiro atoms. The molecule has 3 rings (SSSR count). The van der Waals surface area contributed by atoms with Crippen molar-refractivity contribution in [3.8, 4) is 0 Å². The minimum absolute atomic E-state index is 0.0329. The van der Waals surface area contributed by atoms with Crippen LogP contribution in [0, 0.1) is 5.92 Å². The molecule has 0 radical (unpaired) electrons. The highest BCUT2D eigenvalue weighted by atomic mass is 32.1. The van der Waals surface area contributed by atoms with Gasteiger partial charge in [-0.1, -0.05) is 19.8 Å². The van der Waals surface area contributed by atoms with Gasteiger partial charge in [0.2, 0.25) is 0 Å². The molecule has 0 unspecified atom stereocenters. The summed E-state index contributed by atoms with van der Waals surface area (Å²) in [7, 11) is 0. The maximum Gasteiger partial charge on any atom is 0.289 e. The van der Waals surface area contributed by atoms with Gasteiger partial charge in [0, 0.05) is 32.2 Å². The van der Waals surface area contributed by atoms with Crippen LogP contribution in [-0.4, -0.2) is 53.0 Å². The molecule has 0 bridgehead atoms. The zero-order valence-electron chi connectivity index (χ0n) is 13.7. The summed E-state index contributed by atoms with van der Waals surface area (Å²) in [6.45, 7) is 5.22. The Balaban J connectivity index is 1.48. The van der Waals surface area contributed by atoms with E-state index in [0.29, 0.717) is 30.8 Å². The first-order valence-electron chi connectivity index (χ1n) is 8.53. The van der Waals surface area contributed by atoms with E-state index >= 15 is 0 Å². The molecule has 0 aromatic carbocycles. The maximum atomic E-state index is 12.3. The van der Waals surface area contributed by atoms with Gasteiger partial charge in [-0.25, -0.2) is 0 Å². The standard InChI is InChI=1S/C17H25N3O2S/c1-13-5-2-3-6-14(13)18-17(23)20-10-8-19(9-11-20)16(21)15-7-4-12-22-15/h4,7,12-14H,2-3,5-6,8-11H2,1H3,(H,18,23)/t13-,14+/m0/s1. The van der Waals surface area contributed by atoms with Crippen LogP contribution in [0.5, 0.6) is 0 Å². The molecular weight excluding hydrogens is 310 g/mol. The van der Waals surface area contributed by atoms with E-state index in [4.69, 9.17) is 16.6 Å². The molecule has 2 fully saturated rings. The molecule has 2 heterocycles. The van der Waals surface area contributed by atoms with Crippen molar-refractivity contribution in [3.05, 3.63) is 24.2 Å². The first-order chi connectivity index (χ1) is 11.1. The second-order valence-electron chi connectivity index (χ2n) is 6.57. The van der Waals surface area contributed by atoms with E-state index in [1.54, 1.807) is 12.1 Å². The van der Waals surface area contributed by atoms with Crippen molar-refractivity contribution in [2.75, 3.05) is 26.2 Å². The predicted octanol–water partition coefficient (Wildman–Crippen LogP) is 2.49. The van der Waals surface area contributed by atoms with E-state index in [1.807, 2.05) is 4.90 Å². The SMILES string of the molecule is C[C@H]1CCCC[C@H]1NC(=S)N1CCN(C(=O)c2ccco2)CC1. The number of nitrogens with one attached hydrogen (secondary N) is 1. The van der Waals surface area contributed by atoms with Crippen LogP contribution < -0.4 is 5.32 Å². The topological polar surface area (TPSA) is 48.7 Å². The van der Waals surface area contributed by atoms with Gasteiger partial charge in [0.1, 0.15) is 0 Å². The summed E-state index contributed by atoms with van der Waals surface area (Å²) >= 11 is 5.58. The molecule has 23 heavy (non-hydrogen) atoms. The monoisotopic (exact) mass is 335 g/mol. The van der Waals surface area contributed by atoms with Crippen molar-refractivity contribution in [3.63, 3.8) is 0 Å². The Morgan fingerprint density at radius 1 is 1.22 bits per heavy atom. The van der Waals surface area contributed by atoms with Gasteiger partial charge in [-0.2, -0.15) is 0 Å². The lowest BCUT2D eigenvalue weighted by Crippen LogP contribution is -2.55. The van der Waals surface area contributed by atoms with Crippen LogP contribution in [-0.2, 0) is 0 Å². The highest BCUT2D eigenvalue weighted by Crippen LogP contribution is 2.24. The molecule has 6 heteroatoms. The van der Waals surface area contributed by atoms with E-state index in [-0.39, 0.29) is 5.91 Å². The van der Waals surface area contributed by atoms with Crippen LogP contribution in [0.4, 0.5) is 0 Å². The number of carbonyl (C=O) groups excluding carboxylic acids is 1. The fourth-order valence-corrected chi connectivity index (χ4v) is 3.78. The van der Waals surface area contributed by atoms with Crippen LogP contribution in [0.15, 0.2) is 22.8 Å². The Kier molecular flexibility index (Phi) is 5.20. The average molecular weight is 335 g/mol. The number of hydrogen-bond acceptors (Lipinski definition) is 3. The molecule has 126 valence electrons. The lowest BCUT2D eigenvalue weighted by atomic mass is 9.86. The quantitative estimate of drug-likeness (QED) is 0.842. The van der Waals surface area contributed by atoms with Gasteiger partial charge in [-0.05, 0) is 43.1 Å². The van der Waals surface area contributed by atoms with Crippen molar-refractivity contribution in [2.45, 2.75) is 38.6 Å². The molecule has 1 amide bonds. The van der Waals surface area contributed by atoms with Gasteiger partial charge >= 0.3 is 0 Å². The number of rotatable bonds is 2. The van der Waals surface area contributed by atoms with E-state index in [2.05, 4.69) is 17.1 Å². The first kappa shape index (κ1) is 16.3. The minimum atomic E-state index is -0.0329. The number of amides is 1. The number of carbonyl (C=O) groups is 1. The van der Waals surface area contributed by atoms with Crippen molar-refractivity contribution < 1.29 is 9.21 Å². The Morgan fingerprint density at radius 2 is 1.91 bits per heavy atom. The van der Waals surface area contributed by atoms with E-state index < -0.39 is 0 Å². The van der Waals surface area contributed by atoms with Crippen LogP contribution >= 0.6 is 12.2 Å². The summed E-state index contributed by atoms with van der Waals surface area (Å²) in [4.78, 5) is 16.3. The Bertz CT molecular complexity index is 538. The second-order valence-corrected chi connectivity index (χ2v) is 6.96. The van der Waals surface area contributed by atoms with Crippen molar-refractivity contribution >= 4 is 23.2 Å². The molecular formula is C17H25N3O2S. The third-order valence-corrected chi connectivity index (χ3v) is 5.38. The van der Waals surface area contributed by atoms with Gasteiger partial charge in [0.25, 0.3) is 5.91 Å². The molecule has 2 aliphatic rings. The van der Waals surface area contributed by atoms with Gasteiger partial charge in [-0.15, -0.1) is 0 Å². The number of thiocarbonyl (C=S) groups is 1. The zero-order valence-corrected chi connectivity index (χ0v) is 14.5. The second kappa shape index (κ2) is 7.34. The smallest absolute Gasteiger partial charge is 0.289 e. The number of hydrogen-bond donors (Lipinski definition) is 1. The predicted molar refractivity (Wildman–Crippen MR) is 93.3 cm³/mol. The average Bonchev–Trinajstić information content (AvgIpc) is 3.11. The third kappa shape index (κ3) is 3.86. The molecule has 1 N–H and O–H groups in total. The third-order valence-electron chi connectivity index (χ3n) is 5.01. The molecule has 1 aliphatic heterocycles. The highest BCUT2D eigenvalue weighted by molar-refractivity contribution is 7.80. The first-order valence-corrected chi connectivity index (χ1v) is 8.94. The lowest BCUT2D eigenvalue weighted by Gasteiger charge is -2.38. The Morgan fingerprint density at radius 3 is 2.57 bits per heavy atom. The Labute approximate surface area is 143 Å². The van der Waals surface area contributed by atoms with E-state index in [9.17, 15) is 4.79 Å². The number of nitrogens with zero attached hydrogens (tertiary/aromatic N) is 2. The highest BCUT2D eigenvalue weighted by Gasteiger charge is 2.27. The Hall–Kier alpha value is -1.56. The molecule has 1 saturated carbocycles. The summed E-state index contributed by atoms with van der Waals surface area (Å²) in [6, 6.07) is 3.96. The van der Waals surface area contributed by atoms with Crippen molar-refractivity contribution in [1.82, 2.24) is 15.1 Å². The van der Waals surface area contributed by atoms with E-state index in [0.717, 1.165) is 18.2 Å². The normalized spacial score (nSPS) is 25.3. The molecule has 1 aliphatic carbocycles. The van der Waals surface area contributed by atoms with Gasteiger partial charge < -0.3 is 19.5 Å². The molecule has 1 aromatic rings. The van der Waals surface area contributed by atoms with Crippen molar-refractivity contribution in [2.24, 2.45) is 5.92 Å². The summed E-state index contributed by atoms with van der Waals surface area (Å²) in [6.07, 6.45) is 6.65. The lowest BCUT2D eigenvalue weighted by molar-refractivity contribution is 0.0658. The van der Waals surface area contributed by atoms with Gasteiger partial charge in [0.15, 0.2) is 10.9 Å². The summed E-state index contributed by atoms with van der Waals surface area (Å²) in [5, 5.41) is 4.39. The summed E-state index contributed by atoms with van der Waals surface area (Å²) in [5.41, 5.74) is 0. The molecule has 5 nitrogen and oxygen atoms in total. The summed E-state index contributed by atoms with van der Waals surface area (Å²) in [5.74, 6) is 1.06. The summed E-state index contributed by atoms with van der Waals surface area (Å²) < 4.78 is 5.19. The largest absolute Gasteiger partial charge is 0.459 e. The molecule has 1 aromatic heterocycles. The van der Waals surface area contributed by atoms with Gasteiger partial charge in [-0.3, -0.25) is 4.79 Å². The van der Waals surface area contributed by atoms with Crippen LogP contribution in [0.25, 0.3) is 0 Å². The van der Waals surface area contributed by atoms with Crippen LogP contribution in [0.1, 0.15) is 43.2 Å². The fraction of sp³-hybridized carbons (Fsp3) is 0.647. The fourth-order valence-electron chi connectivity index (χ4n) is 3.45. The van der Waals surface area contributed by atoms with Crippen LogP contribution in [0.3, 0.4) is 0 Å². The molecule has 1 saturated heterocycles. The minimum Gasteiger partial charge on any atom is -0.459 e. The van der Waals surface area contributed by atoms with Crippen LogP contribution in [0.2, 0.25) is 0 Å². The maximum absolute atomic E-state index is 12.3. The number of furan rings is 1. The van der Waals surface area contributed by atoms with E-state index in [1.165, 1.54) is 31.9 Å². The zero-order chi connectivity index (χ0) is 16.2. The van der Waals surface area contributed by atoms with Gasteiger partial charge in [0.05, 0.1) is 6.26 Å². The number of piperazine rings is 1. The molecule has 2 atom stereocenters. The van der Waals surface area contributed by atoms with Crippen molar-refractivity contribution in [1.29, 1.82) is 0 Å².